The Morgan fingerprint density at radius 2 is 1.71 bits per heavy atom. The Hall–Kier alpha value is -1.50. The molecule has 2 aliphatic rings. The van der Waals surface area contributed by atoms with E-state index in [0.29, 0.717) is 29.7 Å². The fraction of sp³-hybridized carbons (Fsp3) is 0.667. The molecular weight excluding hydrogens is 378 g/mol. The Bertz CT molecular complexity index is 657. The van der Waals surface area contributed by atoms with Crippen LogP contribution in [0, 0.1) is 0 Å². The van der Waals surface area contributed by atoms with Crippen LogP contribution in [0.3, 0.4) is 0 Å². The fourth-order valence-electron chi connectivity index (χ4n) is 3.97. The number of carbonyl (C=O) groups excluding carboxylic acids is 1. The quantitative estimate of drug-likeness (QED) is 0.692. The van der Waals surface area contributed by atoms with Crippen molar-refractivity contribution in [2.24, 2.45) is 0 Å². The molecule has 0 saturated carbocycles. The number of rotatable bonds is 7. The van der Waals surface area contributed by atoms with Crippen molar-refractivity contribution in [1.29, 1.82) is 0 Å². The van der Waals surface area contributed by atoms with Crippen LogP contribution in [-0.4, -0.2) is 80.1 Å². The molecular formula is C21H32ClN3O3. The average molecular weight is 410 g/mol. The molecule has 0 aromatic heterocycles. The van der Waals surface area contributed by atoms with Gasteiger partial charge in [0.1, 0.15) is 0 Å². The number of piperidine rings is 1. The first-order valence-electron chi connectivity index (χ1n) is 10.3. The SMILES string of the molecule is CCOc1cc(CN2CCN(CC(=O)N3CCCCC3)CC2)cc(Cl)c1OC. The lowest BCUT2D eigenvalue weighted by Crippen LogP contribution is -2.50. The minimum atomic E-state index is 0.288. The van der Waals surface area contributed by atoms with E-state index >= 15 is 0 Å². The fourth-order valence-corrected chi connectivity index (χ4v) is 4.28. The minimum Gasteiger partial charge on any atom is -0.491 e. The maximum Gasteiger partial charge on any atom is 0.236 e. The highest BCUT2D eigenvalue weighted by Crippen LogP contribution is 2.36. The summed E-state index contributed by atoms with van der Waals surface area (Å²) in [6, 6.07) is 3.97. The normalized spacial score (nSPS) is 18.9. The third-order valence-electron chi connectivity index (χ3n) is 5.51. The van der Waals surface area contributed by atoms with E-state index in [0.717, 1.165) is 64.2 Å². The molecule has 0 aliphatic carbocycles. The predicted octanol–water partition coefficient (Wildman–Crippen LogP) is 2.88. The zero-order valence-electron chi connectivity index (χ0n) is 17.1. The molecule has 0 unspecified atom stereocenters. The van der Waals surface area contributed by atoms with E-state index in [2.05, 4.69) is 9.80 Å². The molecule has 0 atom stereocenters. The van der Waals surface area contributed by atoms with Crippen molar-refractivity contribution >= 4 is 17.5 Å². The third-order valence-corrected chi connectivity index (χ3v) is 5.79. The highest BCUT2D eigenvalue weighted by Gasteiger charge is 2.23. The van der Waals surface area contributed by atoms with Gasteiger partial charge in [0, 0.05) is 45.8 Å². The van der Waals surface area contributed by atoms with E-state index in [1.165, 1.54) is 6.42 Å². The van der Waals surface area contributed by atoms with Crippen molar-refractivity contribution in [3.05, 3.63) is 22.7 Å². The molecule has 1 aromatic carbocycles. The van der Waals surface area contributed by atoms with Crippen LogP contribution in [0.25, 0.3) is 0 Å². The molecule has 0 N–H and O–H groups in total. The van der Waals surface area contributed by atoms with Gasteiger partial charge >= 0.3 is 0 Å². The standard InChI is InChI=1S/C21H32ClN3O3/c1-3-28-19-14-17(13-18(22)21(19)27-2)15-23-9-11-24(12-10-23)16-20(26)25-7-5-4-6-8-25/h13-14H,3-12,15-16H2,1-2H3. The first kappa shape index (κ1) is 21.2. The summed E-state index contributed by atoms with van der Waals surface area (Å²) in [5, 5.41) is 0.578. The maximum atomic E-state index is 12.5. The largest absolute Gasteiger partial charge is 0.491 e. The summed E-state index contributed by atoms with van der Waals surface area (Å²) in [7, 11) is 1.60. The van der Waals surface area contributed by atoms with Gasteiger partial charge in [0.25, 0.3) is 0 Å². The van der Waals surface area contributed by atoms with Gasteiger partial charge in [-0.25, -0.2) is 0 Å². The first-order chi connectivity index (χ1) is 13.6. The summed E-state index contributed by atoms with van der Waals surface area (Å²) in [6.45, 7) is 9.47. The molecule has 156 valence electrons. The van der Waals surface area contributed by atoms with Gasteiger partial charge in [-0.1, -0.05) is 11.6 Å². The van der Waals surface area contributed by atoms with E-state index in [4.69, 9.17) is 21.1 Å². The van der Waals surface area contributed by atoms with Gasteiger partial charge < -0.3 is 14.4 Å². The van der Waals surface area contributed by atoms with Crippen molar-refractivity contribution in [1.82, 2.24) is 14.7 Å². The third kappa shape index (κ3) is 5.52. The van der Waals surface area contributed by atoms with E-state index in [-0.39, 0.29) is 5.91 Å². The molecule has 7 heteroatoms. The smallest absolute Gasteiger partial charge is 0.236 e. The first-order valence-corrected chi connectivity index (χ1v) is 10.7. The molecule has 1 aromatic rings. The van der Waals surface area contributed by atoms with Crippen LogP contribution < -0.4 is 9.47 Å². The second kappa shape index (κ2) is 10.3. The van der Waals surface area contributed by atoms with Crippen molar-refractivity contribution in [3.63, 3.8) is 0 Å². The van der Waals surface area contributed by atoms with Gasteiger partial charge in [-0.05, 0) is 43.9 Å². The van der Waals surface area contributed by atoms with Gasteiger partial charge in [-0.15, -0.1) is 0 Å². The summed E-state index contributed by atoms with van der Waals surface area (Å²) in [5.41, 5.74) is 1.12. The molecule has 0 bridgehead atoms. The number of hydrogen-bond acceptors (Lipinski definition) is 5. The monoisotopic (exact) mass is 409 g/mol. The van der Waals surface area contributed by atoms with Crippen LogP contribution in [0.4, 0.5) is 0 Å². The van der Waals surface area contributed by atoms with Crippen LogP contribution >= 0.6 is 11.6 Å². The van der Waals surface area contributed by atoms with E-state index in [9.17, 15) is 4.79 Å². The van der Waals surface area contributed by atoms with Gasteiger partial charge in [-0.2, -0.15) is 0 Å². The van der Waals surface area contributed by atoms with Crippen molar-refractivity contribution in [2.75, 3.05) is 59.5 Å². The van der Waals surface area contributed by atoms with Crippen molar-refractivity contribution in [3.8, 4) is 11.5 Å². The maximum absolute atomic E-state index is 12.5. The number of methoxy groups -OCH3 is 1. The Labute approximate surface area is 173 Å². The molecule has 2 saturated heterocycles. The van der Waals surface area contributed by atoms with Crippen LogP contribution in [0.1, 0.15) is 31.7 Å². The molecule has 6 nitrogen and oxygen atoms in total. The van der Waals surface area contributed by atoms with Crippen LogP contribution in [0.5, 0.6) is 11.5 Å². The van der Waals surface area contributed by atoms with Crippen LogP contribution in [0.15, 0.2) is 12.1 Å². The number of halogens is 1. The van der Waals surface area contributed by atoms with E-state index in [1.54, 1.807) is 7.11 Å². The van der Waals surface area contributed by atoms with Gasteiger partial charge in [-0.3, -0.25) is 14.6 Å². The molecule has 2 heterocycles. The lowest BCUT2D eigenvalue weighted by molar-refractivity contribution is -0.133. The molecule has 0 radical (unpaired) electrons. The van der Waals surface area contributed by atoms with E-state index < -0.39 is 0 Å². The minimum absolute atomic E-state index is 0.288. The molecule has 1 amide bonds. The molecule has 0 spiro atoms. The zero-order chi connectivity index (χ0) is 19.9. The Morgan fingerprint density at radius 3 is 2.36 bits per heavy atom. The number of amides is 1. The number of likely N-dealkylation sites (tertiary alicyclic amines) is 1. The zero-order valence-corrected chi connectivity index (χ0v) is 17.8. The molecule has 2 aliphatic heterocycles. The summed E-state index contributed by atoms with van der Waals surface area (Å²) in [4.78, 5) is 19.2. The Morgan fingerprint density at radius 1 is 1.04 bits per heavy atom. The Balaban J connectivity index is 1.50. The molecule has 28 heavy (non-hydrogen) atoms. The topological polar surface area (TPSA) is 45.2 Å². The molecule has 3 rings (SSSR count). The van der Waals surface area contributed by atoms with Gasteiger partial charge in [0.2, 0.25) is 5.91 Å². The second-order valence-corrected chi connectivity index (χ2v) is 7.94. The second-order valence-electron chi connectivity index (χ2n) is 7.54. The number of carbonyl (C=O) groups is 1. The Kier molecular flexibility index (Phi) is 7.82. The highest BCUT2D eigenvalue weighted by atomic mass is 35.5. The van der Waals surface area contributed by atoms with E-state index in [1.807, 2.05) is 24.0 Å². The van der Waals surface area contributed by atoms with Gasteiger partial charge in [0.15, 0.2) is 11.5 Å². The van der Waals surface area contributed by atoms with Gasteiger partial charge in [0.05, 0.1) is 25.3 Å². The number of hydrogen-bond donors (Lipinski definition) is 0. The number of nitrogens with zero attached hydrogens (tertiary/aromatic N) is 3. The number of piperazine rings is 1. The number of benzene rings is 1. The summed E-state index contributed by atoms with van der Waals surface area (Å²) in [6.07, 6.45) is 3.55. The summed E-state index contributed by atoms with van der Waals surface area (Å²) >= 11 is 6.37. The number of ether oxygens (including phenoxy) is 2. The molecule has 2 fully saturated rings. The van der Waals surface area contributed by atoms with Crippen molar-refractivity contribution in [2.45, 2.75) is 32.7 Å². The lowest BCUT2D eigenvalue weighted by Gasteiger charge is -2.36. The highest BCUT2D eigenvalue weighted by molar-refractivity contribution is 6.32. The lowest BCUT2D eigenvalue weighted by atomic mass is 10.1. The van der Waals surface area contributed by atoms with Crippen LogP contribution in [0.2, 0.25) is 5.02 Å². The summed E-state index contributed by atoms with van der Waals surface area (Å²) < 4.78 is 11.0. The van der Waals surface area contributed by atoms with Crippen molar-refractivity contribution < 1.29 is 14.3 Å². The van der Waals surface area contributed by atoms with Crippen LogP contribution in [-0.2, 0) is 11.3 Å². The summed E-state index contributed by atoms with van der Waals surface area (Å²) in [5.74, 6) is 1.57. The average Bonchev–Trinajstić information content (AvgIpc) is 2.70. The predicted molar refractivity (Wildman–Crippen MR) is 111 cm³/mol.